The SMILES string of the molecule is Cc1cccc2c(=O)n(CC(=O)NC[C@@H](c3ccccc3Cl)N(C)C)cnc12. The molecule has 0 fully saturated rings. The van der Waals surface area contributed by atoms with Crippen molar-refractivity contribution in [3.05, 3.63) is 75.3 Å². The number of fused-ring (bicyclic) bond motifs is 1. The largest absolute Gasteiger partial charge is 0.353 e. The van der Waals surface area contributed by atoms with Crippen LogP contribution in [0, 0.1) is 6.92 Å². The summed E-state index contributed by atoms with van der Waals surface area (Å²) in [7, 11) is 3.86. The predicted octanol–water partition coefficient (Wildman–Crippen LogP) is 2.78. The van der Waals surface area contributed by atoms with E-state index in [4.69, 9.17) is 11.6 Å². The Labute approximate surface area is 168 Å². The number of carbonyl (C=O) groups excluding carboxylic acids is 1. The molecule has 0 aliphatic heterocycles. The molecule has 0 saturated carbocycles. The Hall–Kier alpha value is -2.70. The van der Waals surface area contributed by atoms with Gasteiger partial charge in [-0.3, -0.25) is 14.2 Å². The van der Waals surface area contributed by atoms with Crippen LogP contribution in [0.5, 0.6) is 0 Å². The molecule has 3 aromatic rings. The lowest BCUT2D eigenvalue weighted by Crippen LogP contribution is -2.38. The number of nitrogens with one attached hydrogen (secondary N) is 1. The molecule has 0 radical (unpaired) electrons. The second-order valence-corrected chi connectivity index (χ2v) is 7.36. The van der Waals surface area contributed by atoms with E-state index in [1.807, 2.05) is 62.3 Å². The molecule has 1 N–H and O–H groups in total. The van der Waals surface area contributed by atoms with Gasteiger partial charge in [0.2, 0.25) is 5.91 Å². The number of aryl methyl sites for hydroxylation is 1. The monoisotopic (exact) mass is 398 g/mol. The molecule has 1 aromatic heterocycles. The van der Waals surface area contributed by atoms with Crippen LogP contribution in [-0.2, 0) is 11.3 Å². The summed E-state index contributed by atoms with van der Waals surface area (Å²) >= 11 is 6.30. The molecule has 0 unspecified atom stereocenters. The molecular formula is C21H23ClN4O2. The van der Waals surface area contributed by atoms with Crippen molar-refractivity contribution in [2.75, 3.05) is 20.6 Å². The van der Waals surface area contributed by atoms with Gasteiger partial charge in [0.05, 0.1) is 23.3 Å². The minimum atomic E-state index is -0.255. The van der Waals surface area contributed by atoms with Crippen LogP contribution in [0.1, 0.15) is 17.2 Å². The highest BCUT2D eigenvalue weighted by molar-refractivity contribution is 6.31. The minimum absolute atomic E-state index is 0.0771. The summed E-state index contributed by atoms with van der Waals surface area (Å²) in [6.07, 6.45) is 1.43. The lowest BCUT2D eigenvalue weighted by molar-refractivity contribution is -0.121. The van der Waals surface area contributed by atoms with Crippen molar-refractivity contribution in [1.82, 2.24) is 19.8 Å². The molecular weight excluding hydrogens is 376 g/mol. The Balaban J connectivity index is 1.73. The third-order valence-electron chi connectivity index (χ3n) is 4.75. The Morgan fingerprint density at radius 1 is 1.21 bits per heavy atom. The number of halogens is 1. The smallest absolute Gasteiger partial charge is 0.261 e. The van der Waals surface area contributed by atoms with Crippen LogP contribution in [0.2, 0.25) is 5.02 Å². The van der Waals surface area contributed by atoms with Crippen LogP contribution < -0.4 is 10.9 Å². The molecule has 0 aliphatic rings. The first-order valence-electron chi connectivity index (χ1n) is 9.01. The van der Waals surface area contributed by atoms with Gasteiger partial charge in [-0.15, -0.1) is 0 Å². The molecule has 146 valence electrons. The van der Waals surface area contributed by atoms with Crippen LogP contribution in [0.25, 0.3) is 10.9 Å². The topological polar surface area (TPSA) is 67.2 Å². The van der Waals surface area contributed by atoms with Crippen molar-refractivity contribution < 1.29 is 4.79 Å². The summed E-state index contributed by atoms with van der Waals surface area (Å²) in [5, 5.41) is 4.06. The van der Waals surface area contributed by atoms with Crippen molar-refractivity contribution in [2.24, 2.45) is 0 Å². The van der Waals surface area contributed by atoms with Gasteiger partial charge < -0.3 is 10.2 Å². The zero-order chi connectivity index (χ0) is 20.3. The molecule has 3 rings (SSSR count). The third kappa shape index (κ3) is 4.24. The number of amides is 1. The van der Waals surface area contributed by atoms with E-state index in [0.717, 1.165) is 11.1 Å². The van der Waals surface area contributed by atoms with Gasteiger partial charge in [-0.25, -0.2) is 4.98 Å². The van der Waals surface area contributed by atoms with E-state index in [9.17, 15) is 9.59 Å². The number of hydrogen-bond acceptors (Lipinski definition) is 4. The van der Waals surface area contributed by atoms with Crippen molar-refractivity contribution in [3.63, 3.8) is 0 Å². The van der Waals surface area contributed by atoms with E-state index in [2.05, 4.69) is 10.3 Å². The molecule has 0 saturated heterocycles. The zero-order valence-corrected chi connectivity index (χ0v) is 16.9. The number of likely N-dealkylation sites (N-methyl/N-ethyl adjacent to an activating group) is 1. The van der Waals surface area contributed by atoms with E-state index in [0.29, 0.717) is 22.5 Å². The van der Waals surface area contributed by atoms with Gasteiger partial charge in [0.1, 0.15) is 6.54 Å². The van der Waals surface area contributed by atoms with E-state index in [-0.39, 0.29) is 24.1 Å². The fourth-order valence-electron chi connectivity index (χ4n) is 3.19. The predicted molar refractivity (Wildman–Crippen MR) is 112 cm³/mol. The summed E-state index contributed by atoms with van der Waals surface area (Å²) in [6, 6.07) is 12.9. The molecule has 28 heavy (non-hydrogen) atoms. The normalized spacial score (nSPS) is 12.3. The number of para-hydroxylation sites is 1. The van der Waals surface area contributed by atoms with Crippen LogP contribution in [0.4, 0.5) is 0 Å². The van der Waals surface area contributed by atoms with E-state index < -0.39 is 0 Å². The van der Waals surface area contributed by atoms with E-state index in [1.54, 1.807) is 6.07 Å². The standard InChI is InChI=1S/C21H23ClN4O2/c1-14-7-6-9-16-20(14)24-13-26(21(16)28)12-19(27)23-11-18(25(2)3)15-8-4-5-10-17(15)22/h4-10,13,18H,11-12H2,1-3H3,(H,23,27)/t18-/m0/s1. The average molecular weight is 399 g/mol. The highest BCUT2D eigenvalue weighted by Crippen LogP contribution is 2.25. The number of aromatic nitrogens is 2. The van der Waals surface area contributed by atoms with Crippen LogP contribution in [0.3, 0.4) is 0 Å². The van der Waals surface area contributed by atoms with Crippen molar-refractivity contribution >= 4 is 28.4 Å². The summed E-state index contributed by atoms with van der Waals surface area (Å²) in [6.45, 7) is 2.20. The molecule has 0 bridgehead atoms. The Kier molecular flexibility index (Phi) is 6.11. The van der Waals surface area contributed by atoms with Crippen molar-refractivity contribution in [3.8, 4) is 0 Å². The van der Waals surface area contributed by atoms with Crippen LogP contribution in [-0.4, -0.2) is 41.0 Å². The number of rotatable bonds is 6. The van der Waals surface area contributed by atoms with Gasteiger partial charge in [0.25, 0.3) is 5.56 Å². The molecule has 2 aromatic carbocycles. The number of carbonyl (C=O) groups is 1. The highest BCUT2D eigenvalue weighted by atomic mass is 35.5. The Bertz CT molecular complexity index is 1060. The van der Waals surface area contributed by atoms with Gasteiger partial charge in [-0.1, -0.05) is 41.9 Å². The minimum Gasteiger partial charge on any atom is -0.353 e. The first kappa shape index (κ1) is 20.0. The first-order valence-corrected chi connectivity index (χ1v) is 9.38. The Morgan fingerprint density at radius 3 is 2.68 bits per heavy atom. The zero-order valence-electron chi connectivity index (χ0n) is 16.1. The lowest BCUT2D eigenvalue weighted by atomic mass is 10.1. The van der Waals surface area contributed by atoms with Crippen LogP contribution >= 0.6 is 11.6 Å². The number of benzene rings is 2. The van der Waals surface area contributed by atoms with Gasteiger partial charge in [-0.2, -0.15) is 0 Å². The quantitative estimate of drug-likeness (QED) is 0.693. The molecule has 6 nitrogen and oxygen atoms in total. The summed E-state index contributed by atoms with van der Waals surface area (Å²) < 4.78 is 1.33. The molecule has 1 atom stereocenters. The highest BCUT2D eigenvalue weighted by Gasteiger charge is 2.18. The van der Waals surface area contributed by atoms with Gasteiger partial charge in [0, 0.05) is 11.6 Å². The van der Waals surface area contributed by atoms with Gasteiger partial charge in [0.15, 0.2) is 0 Å². The van der Waals surface area contributed by atoms with Crippen molar-refractivity contribution in [1.29, 1.82) is 0 Å². The molecule has 0 aliphatic carbocycles. The van der Waals surface area contributed by atoms with E-state index in [1.165, 1.54) is 10.9 Å². The fourth-order valence-corrected chi connectivity index (χ4v) is 3.45. The molecule has 7 heteroatoms. The van der Waals surface area contributed by atoms with Gasteiger partial charge in [-0.05, 0) is 44.3 Å². The van der Waals surface area contributed by atoms with Gasteiger partial charge >= 0.3 is 0 Å². The molecule has 1 heterocycles. The molecule has 0 spiro atoms. The maximum absolute atomic E-state index is 12.6. The maximum atomic E-state index is 12.6. The summed E-state index contributed by atoms with van der Waals surface area (Å²) in [5.74, 6) is -0.255. The summed E-state index contributed by atoms with van der Waals surface area (Å²) in [4.78, 5) is 31.4. The second-order valence-electron chi connectivity index (χ2n) is 6.95. The first-order chi connectivity index (χ1) is 13.4. The summed E-state index contributed by atoms with van der Waals surface area (Å²) in [5.41, 5.74) is 2.31. The van der Waals surface area contributed by atoms with E-state index >= 15 is 0 Å². The third-order valence-corrected chi connectivity index (χ3v) is 5.09. The number of hydrogen-bond donors (Lipinski definition) is 1. The number of nitrogens with zero attached hydrogens (tertiary/aromatic N) is 3. The Morgan fingerprint density at radius 2 is 1.96 bits per heavy atom. The van der Waals surface area contributed by atoms with Crippen molar-refractivity contribution in [2.45, 2.75) is 19.5 Å². The fraction of sp³-hybridized carbons (Fsp3) is 0.286. The average Bonchev–Trinajstić information content (AvgIpc) is 2.66. The molecule has 1 amide bonds. The second kappa shape index (κ2) is 8.54. The maximum Gasteiger partial charge on any atom is 0.261 e. The lowest BCUT2D eigenvalue weighted by Gasteiger charge is -2.26. The van der Waals surface area contributed by atoms with Crippen LogP contribution in [0.15, 0.2) is 53.6 Å².